The van der Waals surface area contributed by atoms with Gasteiger partial charge in [-0.05, 0) is 31.2 Å². The zero-order valence-corrected chi connectivity index (χ0v) is 15.1. The van der Waals surface area contributed by atoms with Crippen LogP contribution in [0.1, 0.15) is 12.1 Å². The first kappa shape index (κ1) is 16.1. The van der Waals surface area contributed by atoms with Gasteiger partial charge in [-0.2, -0.15) is 5.10 Å². The largest absolute Gasteiger partial charge is 0.481 e. The smallest absolute Gasteiger partial charge is 0.264 e. The molecule has 1 N–H and O–H groups in total. The Morgan fingerprint density at radius 3 is 3.11 bits per heavy atom. The van der Waals surface area contributed by atoms with Crippen molar-refractivity contribution in [3.8, 4) is 23.0 Å². The third-order valence-corrected chi connectivity index (χ3v) is 5.07. The second-order valence-electron chi connectivity index (χ2n) is 6.79. The Morgan fingerprint density at radius 2 is 2.19 bits per heavy atom. The highest BCUT2D eigenvalue weighted by molar-refractivity contribution is 5.97. The number of aromatic nitrogens is 4. The van der Waals surface area contributed by atoms with Crippen molar-refractivity contribution in [1.29, 1.82) is 0 Å². The van der Waals surface area contributed by atoms with Crippen molar-refractivity contribution in [2.75, 3.05) is 25.1 Å². The van der Waals surface area contributed by atoms with Crippen LogP contribution in [-0.4, -0.2) is 45.4 Å². The molecule has 0 unspecified atom stereocenters. The minimum atomic E-state index is -0.0494. The number of benzene rings is 1. The Hall–Kier alpha value is -3.13. The number of ether oxygens (including phenoxy) is 1. The van der Waals surface area contributed by atoms with Gasteiger partial charge in [-0.1, -0.05) is 0 Å². The third kappa shape index (κ3) is 2.69. The predicted octanol–water partition coefficient (Wildman–Crippen LogP) is 1.58. The minimum Gasteiger partial charge on any atom is -0.481 e. The van der Waals surface area contributed by atoms with Gasteiger partial charge in [0.25, 0.3) is 5.91 Å². The lowest BCUT2D eigenvalue weighted by Gasteiger charge is -2.26. The number of nitrogens with zero attached hydrogens (tertiary/aromatic N) is 5. The summed E-state index contributed by atoms with van der Waals surface area (Å²) in [6.07, 6.45) is 4.75. The van der Waals surface area contributed by atoms with Crippen LogP contribution >= 0.6 is 0 Å². The lowest BCUT2D eigenvalue weighted by atomic mass is 10.2. The van der Waals surface area contributed by atoms with Crippen LogP contribution in [0.3, 0.4) is 0 Å². The molecule has 2 aliphatic heterocycles. The van der Waals surface area contributed by atoms with Gasteiger partial charge in [0.05, 0.1) is 17.1 Å². The summed E-state index contributed by atoms with van der Waals surface area (Å²) in [5, 5.41) is 8.17. The summed E-state index contributed by atoms with van der Waals surface area (Å²) in [4.78, 5) is 18.0. The molecule has 2 aromatic heterocycles. The van der Waals surface area contributed by atoms with Crippen molar-refractivity contribution in [1.82, 2.24) is 24.6 Å². The van der Waals surface area contributed by atoms with Gasteiger partial charge in [-0.25, -0.2) is 4.98 Å². The number of imidazole rings is 1. The number of carbonyl (C=O) groups excluding carboxylic acids is 1. The molecule has 4 heterocycles. The van der Waals surface area contributed by atoms with E-state index in [4.69, 9.17) is 9.84 Å². The Kier molecular flexibility index (Phi) is 3.71. The number of hydrogen-bond donors (Lipinski definition) is 1. The molecule has 27 heavy (non-hydrogen) atoms. The Balaban J connectivity index is 1.53. The second kappa shape index (κ2) is 6.24. The molecular weight excluding hydrogens is 344 g/mol. The van der Waals surface area contributed by atoms with Crippen molar-refractivity contribution in [3.05, 3.63) is 42.4 Å². The molecular formula is C19H20N6O2. The first-order valence-electron chi connectivity index (χ1n) is 9.05. The zero-order valence-electron chi connectivity index (χ0n) is 15.1. The van der Waals surface area contributed by atoms with E-state index in [1.807, 2.05) is 29.0 Å². The molecule has 0 saturated heterocycles. The van der Waals surface area contributed by atoms with Crippen LogP contribution in [-0.2, 0) is 17.9 Å². The third-order valence-electron chi connectivity index (χ3n) is 5.07. The minimum absolute atomic E-state index is 0.0494. The number of rotatable bonds is 2. The van der Waals surface area contributed by atoms with E-state index in [2.05, 4.69) is 21.0 Å². The van der Waals surface area contributed by atoms with E-state index < -0.39 is 0 Å². The first-order chi connectivity index (χ1) is 13.2. The van der Waals surface area contributed by atoms with E-state index in [0.29, 0.717) is 5.75 Å². The van der Waals surface area contributed by atoms with Crippen molar-refractivity contribution in [3.63, 3.8) is 0 Å². The summed E-state index contributed by atoms with van der Waals surface area (Å²) >= 11 is 0. The standard InChI is InChI=1S/C19H20N6O2/c1-23-16-4-3-13(10-17(16)27-12-18(23)26)24-8-6-21-19(24)15-9-14-11-20-5-2-7-25(14)22-15/h3-4,6,8-10,20H,2,5,7,11-12H2,1H3. The molecule has 138 valence electrons. The summed E-state index contributed by atoms with van der Waals surface area (Å²) in [7, 11) is 1.76. The van der Waals surface area contributed by atoms with Crippen molar-refractivity contribution in [2.45, 2.75) is 19.5 Å². The van der Waals surface area contributed by atoms with Crippen molar-refractivity contribution >= 4 is 11.6 Å². The molecule has 1 aromatic carbocycles. The average molecular weight is 364 g/mol. The van der Waals surface area contributed by atoms with Crippen molar-refractivity contribution < 1.29 is 9.53 Å². The van der Waals surface area contributed by atoms with Gasteiger partial charge in [-0.3, -0.25) is 14.0 Å². The molecule has 1 amide bonds. The fourth-order valence-corrected chi connectivity index (χ4v) is 3.59. The van der Waals surface area contributed by atoms with Crippen LogP contribution in [0.2, 0.25) is 0 Å². The molecule has 5 rings (SSSR count). The van der Waals surface area contributed by atoms with E-state index in [-0.39, 0.29) is 12.5 Å². The number of nitrogens with one attached hydrogen (secondary N) is 1. The number of aryl methyl sites for hydroxylation is 1. The maximum absolute atomic E-state index is 11.8. The van der Waals surface area contributed by atoms with Crippen LogP contribution in [0.25, 0.3) is 17.2 Å². The Labute approximate surface area is 156 Å². The molecule has 0 bridgehead atoms. The lowest BCUT2D eigenvalue weighted by molar-refractivity contribution is -0.120. The van der Waals surface area contributed by atoms with Crippen LogP contribution in [0.4, 0.5) is 5.69 Å². The molecule has 0 saturated carbocycles. The highest BCUT2D eigenvalue weighted by Gasteiger charge is 2.23. The molecule has 2 aliphatic rings. The predicted molar refractivity (Wildman–Crippen MR) is 100 cm³/mol. The fraction of sp³-hybridized carbons (Fsp3) is 0.316. The van der Waals surface area contributed by atoms with E-state index in [1.54, 1.807) is 18.1 Å². The number of fused-ring (bicyclic) bond motifs is 2. The molecule has 8 heteroatoms. The van der Waals surface area contributed by atoms with E-state index >= 15 is 0 Å². The summed E-state index contributed by atoms with van der Waals surface area (Å²) in [6.45, 7) is 2.81. The number of amides is 1. The van der Waals surface area contributed by atoms with Gasteiger partial charge in [0.1, 0.15) is 11.4 Å². The number of carbonyl (C=O) groups is 1. The molecule has 0 fully saturated rings. The van der Waals surface area contributed by atoms with Crippen LogP contribution in [0.5, 0.6) is 5.75 Å². The van der Waals surface area contributed by atoms with E-state index in [1.165, 1.54) is 5.69 Å². The molecule has 0 aliphatic carbocycles. The van der Waals surface area contributed by atoms with Gasteiger partial charge < -0.3 is 15.0 Å². The molecule has 0 atom stereocenters. The molecule has 3 aromatic rings. The van der Waals surface area contributed by atoms with E-state index in [9.17, 15) is 4.79 Å². The van der Waals surface area contributed by atoms with Crippen LogP contribution in [0.15, 0.2) is 36.7 Å². The first-order valence-corrected chi connectivity index (χ1v) is 9.05. The quantitative estimate of drug-likeness (QED) is 0.747. The topological polar surface area (TPSA) is 77.2 Å². The fourth-order valence-electron chi connectivity index (χ4n) is 3.59. The lowest BCUT2D eigenvalue weighted by Crippen LogP contribution is -2.35. The summed E-state index contributed by atoms with van der Waals surface area (Å²) in [6, 6.07) is 7.90. The highest BCUT2D eigenvalue weighted by atomic mass is 16.5. The molecule has 0 radical (unpaired) electrons. The van der Waals surface area contributed by atoms with Gasteiger partial charge in [0.2, 0.25) is 0 Å². The number of likely N-dealkylation sites (N-methyl/N-ethyl adjacent to an activating group) is 1. The molecule has 8 nitrogen and oxygen atoms in total. The average Bonchev–Trinajstić information content (AvgIpc) is 3.27. The van der Waals surface area contributed by atoms with Gasteiger partial charge in [0, 0.05) is 38.6 Å². The molecule has 0 spiro atoms. The van der Waals surface area contributed by atoms with Crippen molar-refractivity contribution in [2.24, 2.45) is 0 Å². The Bertz CT molecular complexity index is 998. The van der Waals surface area contributed by atoms with Crippen LogP contribution in [0, 0.1) is 0 Å². The zero-order chi connectivity index (χ0) is 18.4. The maximum Gasteiger partial charge on any atom is 0.264 e. The normalized spacial score (nSPS) is 16.5. The second-order valence-corrected chi connectivity index (χ2v) is 6.79. The monoisotopic (exact) mass is 364 g/mol. The van der Waals surface area contributed by atoms with Gasteiger partial charge in [-0.15, -0.1) is 0 Å². The number of hydrogen-bond acceptors (Lipinski definition) is 5. The number of anilines is 1. The van der Waals surface area contributed by atoms with Gasteiger partial charge >= 0.3 is 0 Å². The summed E-state index contributed by atoms with van der Waals surface area (Å²) in [5.74, 6) is 1.43. The van der Waals surface area contributed by atoms with E-state index in [0.717, 1.165) is 48.9 Å². The Morgan fingerprint density at radius 1 is 1.26 bits per heavy atom. The summed E-state index contributed by atoms with van der Waals surface area (Å²) < 4.78 is 9.67. The van der Waals surface area contributed by atoms with Gasteiger partial charge in [0.15, 0.2) is 12.4 Å². The van der Waals surface area contributed by atoms with Crippen LogP contribution < -0.4 is 15.0 Å². The maximum atomic E-state index is 11.8. The highest BCUT2D eigenvalue weighted by Crippen LogP contribution is 2.34. The SMILES string of the molecule is CN1C(=O)COc2cc(-n3ccnc3-c3cc4n(n3)CCCNC4)ccc21. The summed E-state index contributed by atoms with van der Waals surface area (Å²) in [5.41, 5.74) is 3.72.